The molecule has 0 aromatic heterocycles. The van der Waals surface area contributed by atoms with Crippen molar-refractivity contribution < 1.29 is 9.53 Å². The fourth-order valence-electron chi connectivity index (χ4n) is 4.88. The third-order valence-corrected chi connectivity index (χ3v) is 6.76. The number of amides is 1. The van der Waals surface area contributed by atoms with Crippen LogP contribution >= 0.6 is 0 Å². The van der Waals surface area contributed by atoms with Crippen molar-refractivity contribution in [2.24, 2.45) is 5.92 Å². The molecule has 2 fully saturated rings. The minimum atomic E-state index is 0.155. The third kappa shape index (κ3) is 5.48. The Hall–Kier alpha value is -2.13. The van der Waals surface area contributed by atoms with Crippen LogP contribution in [0.2, 0.25) is 0 Å². The van der Waals surface area contributed by atoms with Gasteiger partial charge in [-0.25, -0.2) is 0 Å². The van der Waals surface area contributed by atoms with Gasteiger partial charge in [-0.2, -0.15) is 0 Å². The van der Waals surface area contributed by atoms with Crippen LogP contribution in [-0.4, -0.2) is 19.1 Å². The fraction of sp³-hybridized carbons (Fsp3) is 0.500. The molecule has 0 radical (unpaired) electrons. The molecule has 2 aromatic rings. The lowest BCUT2D eigenvalue weighted by molar-refractivity contribution is -0.117. The molecule has 1 saturated carbocycles. The molecule has 1 aliphatic carbocycles. The van der Waals surface area contributed by atoms with Crippen LogP contribution in [0.15, 0.2) is 48.5 Å². The summed E-state index contributed by atoms with van der Waals surface area (Å²) in [6.07, 6.45) is 7.52. The van der Waals surface area contributed by atoms with E-state index in [9.17, 15) is 4.79 Å². The topological polar surface area (TPSA) is 38.3 Å². The molecule has 1 heterocycles. The number of hydrogen-bond acceptors (Lipinski definition) is 2. The van der Waals surface area contributed by atoms with Crippen molar-refractivity contribution in [2.45, 2.75) is 63.7 Å². The number of nitrogens with one attached hydrogen (secondary N) is 1. The summed E-state index contributed by atoms with van der Waals surface area (Å²) in [5, 5.41) is 3.10. The zero-order chi connectivity index (χ0) is 20.1. The first kappa shape index (κ1) is 20.2. The lowest BCUT2D eigenvalue weighted by atomic mass is 9.77. The van der Waals surface area contributed by atoms with Crippen LogP contribution in [-0.2, 0) is 9.53 Å². The monoisotopic (exact) mass is 391 g/mol. The van der Waals surface area contributed by atoms with Crippen LogP contribution in [0.3, 0.4) is 0 Å². The molecule has 2 aliphatic rings. The number of carbonyl (C=O) groups is 1. The highest BCUT2D eigenvalue weighted by atomic mass is 16.5. The van der Waals surface area contributed by atoms with Gasteiger partial charge in [-0.3, -0.25) is 4.79 Å². The van der Waals surface area contributed by atoms with E-state index >= 15 is 0 Å². The second-order valence-corrected chi connectivity index (χ2v) is 8.89. The molecular weight excluding hydrogens is 358 g/mol. The fourth-order valence-corrected chi connectivity index (χ4v) is 4.88. The van der Waals surface area contributed by atoms with E-state index in [4.69, 9.17) is 4.74 Å². The standard InChI is InChI=1S/C26H33NO2/c1-19-2-6-21(7-3-19)22-8-4-20(5-9-22)18-26(28)27-25-12-10-23(11-13-25)24-14-16-29-17-15-24/h2-3,6-7,10-13,20,22,24H,4-5,8-9,14-18H2,1H3,(H,27,28). The van der Waals surface area contributed by atoms with Gasteiger partial charge >= 0.3 is 0 Å². The highest BCUT2D eigenvalue weighted by Crippen LogP contribution is 2.37. The van der Waals surface area contributed by atoms with Gasteiger partial charge < -0.3 is 10.1 Å². The van der Waals surface area contributed by atoms with Gasteiger partial charge in [-0.05, 0) is 86.5 Å². The smallest absolute Gasteiger partial charge is 0.224 e. The summed E-state index contributed by atoms with van der Waals surface area (Å²) in [6.45, 7) is 3.85. The number of ether oxygens (including phenoxy) is 1. The Morgan fingerprint density at radius 3 is 2.00 bits per heavy atom. The highest BCUT2D eigenvalue weighted by molar-refractivity contribution is 5.90. The van der Waals surface area contributed by atoms with E-state index in [0.717, 1.165) is 44.6 Å². The van der Waals surface area contributed by atoms with Gasteiger partial charge in [0.05, 0.1) is 0 Å². The second-order valence-electron chi connectivity index (χ2n) is 8.89. The average molecular weight is 392 g/mol. The molecule has 0 atom stereocenters. The Bertz CT molecular complexity index is 782. The molecule has 4 rings (SSSR count). The lowest BCUT2D eigenvalue weighted by Gasteiger charge is -2.28. The van der Waals surface area contributed by atoms with Crippen LogP contribution in [0.5, 0.6) is 0 Å². The first-order valence-electron chi connectivity index (χ1n) is 11.2. The minimum Gasteiger partial charge on any atom is -0.381 e. The van der Waals surface area contributed by atoms with E-state index in [1.165, 1.54) is 29.5 Å². The maximum atomic E-state index is 12.5. The number of carbonyl (C=O) groups excluding carboxylic acids is 1. The van der Waals surface area contributed by atoms with Crippen LogP contribution in [0, 0.1) is 12.8 Å². The SMILES string of the molecule is Cc1ccc(C2CCC(CC(=O)Nc3ccc(C4CCOCC4)cc3)CC2)cc1. The predicted octanol–water partition coefficient (Wildman–Crippen LogP) is 6.19. The minimum absolute atomic E-state index is 0.155. The van der Waals surface area contributed by atoms with Gasteiger partial charge in [0.25, 0.3) is 0 Å². The highest BCUT2D eigenvalue weighted by Gasteiger charge is 2.24. The van der Waals surface area contributed by atoms with Crippen molar-refractivity contribution in [3.05, 3.63) is 65.2 Å². The summed E-state index contributed by atoms with van der Waals surface area (Å²) in [6, 6.07) is 17.4. The van der Waals surface area contributed by atoms with Crippen molar-refractivity contribution in [1.29, 1.82) is 0 Å². The second kappa shape index (κ2) is 9.58. The molecule has 3 heteroatoms. The van der Waals surface area contributed by atoms with Gasteiger partial charge in [-0.15, -0.1) is 0 Å². The largest absolute Gasteiger partial charge is 0.381 e. The van der Waals surface area contributed by atoms with E-state index in [1.54, 1.807) is 0 Å². The quantitative estimate of drug-likeness (QED) is 0.660. The van der Waals surface area contributed by atoms with Gasteiger partial charge in [0, 0.05) is 25.3 Å². The lowest BCUT2D eigenvalue weighted by Crippen LogP contribution is -2.20. The summed E-state index contributed by atoms with van der Waals surface area (Å²) in [7, 11) is 0. The number of aryl methyl sites for hydroxylation is 1. The van der Waals surface area contributed by atoms with Crippen LogP contribution in [0.25, 0.3) is 0 Å². The molecule has 3 nitrogen and oxygen atoms in total. The molecular formula is C26H33NO2. The average Bonchev–Trinajstić information content (AvgIpc) is 2.76. The molecule has 0 unspecified atom stereocenters. The number of rotatable bonds is 5. The maximum Gasteiger partial charge on any atom is 0.224 e. The Kier molecular flexibility index (Phi) is 6.66. The van der Waals surface area contributed by atoms with Crippen LogP contribution in [0.1, 0.15) is 73.5 Å². The van der Waals surface area contributed by atoms with Crippen molar-refractivity contribution in [3.8, 4) is 0 Å². The first-order valence-corrected chi connectivity index (χ1v) is 11.2. The molecule has 1 amide bonds. The zero-order valence-electron chi connectivity index (χ0n) is 17.5. The van der Waals surface area contributed by atoms with Gasteiger partial charge in [0.15, 0.2) is 0 Å². The number of benzene rings is 2. The van der Waals surface area contributed by atoms with E-state index in [0.29, 0.717) is 24.2 Å². The van der Waals surface area contributed by atoms with E-state index in [1.807, 2.05) is 0 Å². The summed E-state index contributed by atoms with van der Waals surface area (Å²) in [5.41, 5.74) is 5.06. The van der Waals surface area contributed by atoms with Crippen molar-refractivity contribution in [2.75, 3.05) is 18.5 Å². The molecule has 2 aromatic carbocycles. The Morgan fingerprint density at radius 1 is 0.828 bits per heavy atom. The van der Waals surface area contributed by atoms with Crippen LogP contribution in [0.4, 0.5) is 5.69 Å². The summed E-state index contributed by atoms with van der Waals surface area (Å²) in [5.74, 6) is 1.92. The zero-order valence-corrected chi connectivity index (χ0v) is 17.5. The molecule has 0 bridgehead atoms. The van der Waals surface area contributed by atoms with Gasteiger partial charge in [0.1, 0.15) is 0 Å². The van der Waals surface area contributed by atoms with E-state index in [2.05, 4.69) is 60.8 Å². The summed E-state index contributed by atoms with van der Waals surface area (Å²) < 4.78 is 5.45. The van der Waals surface area contributed by atoms with Crippen molar-refractivity contribution >= 4 is 11.6 Å². The Balaban J connectivity index is 1.23. The normalized spacial score (nSPS) is 22.9. The maximum absolute atomic E-state index is 12.5. The first-order chi connectivity index (χ1) is 14.2. The molecule has 0 spiro atoms. The Morgan fingerprint density at radius 2 is 1.38 bits per heavy atom. The third-order valence-electron chi connectivity index (χ3n) is 6.76. The Labute approximate surface area is 174 Å². The van der Waals surface area contributed by atoms with Gasteiger partial charge in [-0.1, -0.05) is 42.0 Å². The molecule has 1 aliphatic heterocycles. The summed E-state index contributed by atoms with van der Waals surface area (Å²) in [4.78, 5) is 12.5. The van der Waals surface area contributed by atoms with Crippen molar-refractivity contribution in [3.63, 3.8) is 0 Å². The predicted molar refractivity (Wildman–Crippen MR) is 118 cm³/mol. The van der Waals surface area contributed by atoms with E-state index in [-0.39, 0.29) is 5.91 Å². The van der Waals surface area contributed by atoms with Crippen molar-refractivity contribution in [1.82, 2.24) is 0 Å². The van der Waals surface area contributed by atoms with Crippen LogP contribution < -0.4 is 5.32 Å². The molecule has 1 saturated heterocycles. The number of anilines is 1. The molecule has 1 N–H and O–H groups in total. The van der Waals surface area contributed by atoms with E-state index < -0.39 is 0 Å². The van der Waals surface area contributed by atoms with Gasteiger partial charge in [0.2, 0.25) is 5.91 Å². The molecule has 29 heavy (non-hydrogen) atoms. The number of hydrogen-bond donors (Lipinski definition) is 1. The molecule has 154 valence electrons. The summed E-state index contributed by atoms with van der Waals surface area (Å²) >= 11 is 0.